The van der Waals surface area contributed by atoms with Gasteiger partial charge in [0.2, 0.25) is 0 Å². The van der Waals surface area contributed by atoms with E-state index in [1.165, 1.54) is 10.9 Å². The van der Waals surface area contributed by atoms with E-state index in [1.807, 2.05) is 0 Å². The molecule has 0 spiro atoms. The van der Waals surface area contributed by atoms with Crippen LogP contribution in [0.15, 0.2) is 6.33 Å². The van der Waals surface area contributed by atoms with Gasteiger partial charge in [0, 0.05) is 14.1 Å². The van der Waals surface area contributed by atoms with Crippen LogP contribution in [0.3, 0.4) is 0 Å². The molecule has 27 heavy (non-hydrogen) atoms. The van der Waals surface area contributed by atoms with E-state index in [1.54, 1.807) is 25.9 Å². The van der Waals surface area contributed by atoms with Crippen LogP contribution >= 0.6 is 7.82 Å². The minimum atomic E-state index is -4.79. The van der Waals surface area contributed by atoms with E-state index in [0.717, 1.165) is 6.92 Å². The van der Waals surface area contributed by atoms with Crippen molar-refractivity contribution < 1.29 is 33.1 Å². The number of ether oxygens (including phenoxy) is 1. The molecule has 2 aromatic heterocycles. The first-order chi connectivity index (χ1) is 12.4. The number of fused-ring (bicyclic) bond motifs is 1. The fourth-order valence-corrected chi connectivity index (χ4v) is 3.35. The lowest BCUT2D eigenvalue weighted by molar-refractivity contribution is -0.0560. The van der Waals surface area contributed by atoms with E-state index in [9.17, 15) is 9.67 Å². The van der Waals surface area contributed by atoms with Crippen LogP contribution in [0.5, 0.6) is 0 Å². The monoisotopic (exact) mass is 405 g/mol. The molecule has 0 unspecified atom stereocenters. The largest absolute Gasteiger partial charge is 0.469 e. The predicted octanol–water partition coefficient (Wildman–Crippen LogP) is 0.297. The van der Waals surface area contributed by atoms with Gasteiger partial charge < -0.3 is 24.5 Å². The molecule has 11 nitrogen and oxygen atoms in total. The van der Waals surface area contributed by atoms with Crippen LogP contribution in [0.4, 0.5) is 10.2 Å². The highest BCUT2D eigenvalue weighted by atomic mass is 31.2. The molecule has 150 valence electrons. The fraction of sp³-hybridized carbons (Fsp3) is 0.643. The minimum Gasteiger partial charge on any atom is -0.387 e. The number of aromatic nitrogens is 4. The average molecular weight is 405 g/mol. The molecule has 0 radical (unpaired) electrons. The summed E-state index contributed by atoms with van der Waals surface area (Å²) < 4.78 is 37.4. The van der Waals surface area contributed by atoms with Gasteiger partial charge in [0.1, 0.15) is 18.0 Å². The second-order valence-electron chi connectivity index (χ2n) is 6.72. The number of aryl methyl sites for hydroxylation is 1. The first-order valence-electron chi connectivity index (χ1n) is 8.03. The van der Waals surface area contributed by atoms with Crippen molar-refractivity contribution in [1.29, 1.82) is 0 Å². The summed E-state index contributed by atoms with van der Waals surface area (Å²) in [5.74, 6) is 0.977. The van der Waals surface area contributed by atoms with E-state index < -0.39 is 38.5 Å². The molecule has 0 saturated carbocycles. The molecule has 3 N–H and O–H groups in total. The van der Waals surface area contributed by atoms with Gasteiger partial charge in [0.15, 0.2) is 28.9 Å². The van der Waals surface area contributed by atoms with E-state index in [4.69, 9.17) is 14.5 Å². The maximum Gasteiger partial charge on any atom is 0.469 e. The van der Waals surface area contributed by atoms with Crippen LogP contribution in [0.2, 0.25) is 0 Å². The van der Waals surface area contributed by atoms with Gasteiger partial charge in [-0.25, -0.2) is 23.9 Å². The summed E-state index contributed by atoms with van der Waals surface area (Å²) in [5, 5.41) is 10.2. The molecule has 0 amide bonds. The molecule has 13 heteroatoms. The van der Waals surface area contributed by atoms with Gasteiger partial charge >= 0.3 is 7.82 Å². The highest BCUT2D eigenvalue weighted by molar-refractivity contribution is 7.46. The summed E-state index contributed by atoms with van der Waals surface area (Å²) in [6, 6.07) is 0. The Morgan fingerprint density at radius 1 is 1.44 bits per heavy atom. The summed E-state index contributed by atoms with van der Waals surface area (Å²) in [4.78, 5) is 32.2. The van der Waals surface area contributed by atoms with Crippen LogP contribution in [-0.4, -0.2) is 73.0 Å². The minimum absolute atomic E-state index is 0.309. The van der Waals surface area contributed by atoms with Crippen molar-refractivity contribution in [2.24, 2.45) is 0 Å². The highest BCUT2D eigenvalue weighted by Crippen LogP contribution is 2.44. The number of aliphatic hydroxyl groups excluding tert-OH is 1. The fourth-order valence-electron chi connectivity index (χ4n) is 3.01. The molecule has 3 heterocycles. The third kappa shape index (κ3) is 3.68. The summed E-state index contributed by atoms with van der Waals surface area (Å²) in [6.07, 6.45) is -2.96. The quantitative estimate of drug-likeness (QED) is 0.594. The van der Waals surface area contributed by atoms with Gasteiger partial charge in [-0.1, -0.05) is 0 Å². The molecule has 4 atom stereocenters. The number of phosphoric ester groups is 1. The molecule has 1 saturated heterocycles. The first-order valence-corrected chi connectivity index (χ1v) is 9.56. The predicted molar refractivity (Wildman–Crippen MR) is 91.8 cm³/mol. The van der Waals surface area contributed by atoms with Gasteiger partial charge in [-0.3, -0.25) is 9.09 Å². The molecule has 0 aromatic carbocycles. The third-order valence-electron chi connectivity index (χ3n) is 4.32. The van der Waals surface area contributed by atoms with Gasteiger partial charge in [-0.2, -0.15) is 0 Å². The number of aliphatic hydroxyl groups is 1. The number of imidazole rings is 1. The lowest BCUT2D eigenvalue weighted by atomic mass is 9.98. The van der Waals surface area contributed by atoms with Crippen molar-refractivity contribution in [2.45, 2.75) is 38.0 Å². The summed E-state index contributed by atoms with van der Waals surface area (Å²) >= 11 is 0. The normalized spacial score (nSPS) is 28.8. The Hall–Kier alpha value is -1.69. The second kappa shape index (κ2) is 6.73. The SMILES string of the molecule is Cc1nc(N(C)C)c2ncn([C@@H]3O[C@H](COP(=O)(O)O)[C@@H](O)[C@@]3(C)F)c2n1. The Labute approximate surface area is 154 Å². The van der Waals surface area contributed by atoms with E-state index in [0.29, 0.717) is 22.8 Å². The Morgan fingerprint density at radius 3 is 2.70 bits per heavy atom. The van der Waals surface area contributed by atoms with Crippen molar-refractivity contribution >= 4 is 24.8 Å². The van der Waals surface area contributed by atoms with Gasteiger partial charge in [-0.15, -0.1) is 0 Å². The zero-order chi connectivity index (χ0) is 20.1. The van der Waals surface area contributed by atoms with Crippen LogP contribution in [0.25, 0.3) is 11.2 Å². The van der Waals surface area contributed by atoms with Gasteiger partial charge in [0.05, 0.1) is 12.9 Å². The van der Waals surface area contributed by atoms with Crippen LogP contribution < -0.4 is 4.90 Å². The second-order valence-corrected chi connectivity index (χ2v) is 7.96. The highest BCUT2D eigenvalue weighted by Gasteiger charge is 2.55. The molecule has 1 aliphatic heterocycles. The molecular weight excluding hydrogens is 384 g/mol. The lowest BCUT2D eigenvalue weighted by Gasteiger charge is -2.24. The Kier molecular flexibility index (Phi) is 5.00. The van der Waals surface area contributed by atoms with Crippen LogP contribution in [-0.2, 0) is 13.8 Å². The number of rotatable bonds is 5. The molecule has 2 aromatic rings. The van der Waals surface area contributed by atoms with Gasteiger partial charge in [-0.05, 0) is 13.8 Å². The number of phosphoric acid groups is 1. The van der Waals surface area contributed by atoms with Crippen molar-refractivity contribution in [3.63, 3.8) is 0 Å². The molecule has 1 fully saturated rings. The summed E-state index contributed by atoms with van der Waals surface area (Å²) in [7, 11) is -1.22. The van der Waals surface area contributed by atoms with Crippen LogP contribution in [0, 0.1) is 6.92 Å². The molecule has 3 rings (SSSR count). The average Bonchev–Trinajstić information content (AvgIpc) is 3.04. The Morgan fingerprint density at radius 2 is 2.11 bits per heavy atom. The first kappa shape index (κ1) is 20.1. The third-order valence-corrected chi connectivity index (χ3v) is 4.80. The number of halogens is 1. The molecule has 0 aliphatic carbocycles. The van der Waals surface area contributed by atoms with E-state index in [-0.39, 0.29) is 0 Å². The lowest BCUT2D eigenvalue weighted by Crippen LogP contribution is -2.40. The zero-order valence-electron chi connectivity index (χ0n) is 15.1. The van der Waals surface area contributed by atoms with Crippen molar-refractivity contribution in [3.05, 3.63) is 12.2 Å². The molecular formula is C14H21FN5O6P. The summed E-state index contributed by atoms with van der Waals surface area (Å²) in [6.45, 7) is 2.14. The number of alkyl halides is 1. The smallest absolute Gasteiger partial charge is 0.387 e. The van der Waals surface area contributed by atoms with E-state index >= 15 is 4.39 Å². The summed E-state index contributed by atoms with van der Waals surface area (Å²) in [5.41, 5.74) is -1.55. The van der Waals surface area contributed by atoms with Crippen molar-refractivity contribution in [3.8, 4) is 0 Å². The Bertz CT molecular complexity index is 899. The standard InChI is InChI=1S/C14H21FN5O6P/c1-7-17-11(19(3)4)9-12(18-7)20(6-16-9)13-14(2,15)10(21)8(26-13)5-25-27(22,23)24/h6,8,10,13,21H,5H2,1-4H3,(H2,22,23,24)/t8-,10-,13-,14-/m1/s1. The molecule has 1 aliphatic rings. The molecule has 0 bridgehead atoms. The maximum absolute atomic E-state index is 15.3. The number of hydrogen-bond donors (Lipinski definition) is 3. The topological polar surface area (TPSA) is 143 Å². The number of anilines is 1. The Balaban J connectivity index is 1.99. The van der Waals surface area contributed by atoms with Gasteiger partial charge in [0.25, 0.3) is 0 Å². The van der Waals surface area contributed by atoms with Crippen molar-refractivity contribution in [1.82, 2.24) is 19.5 Å². The zero-order valence-corrected chi connectivity index (χ0v) is 16.0. The van der Waals surface area contributed by atoms with Crippen LogP contribution in [0.1, 0.15) is 19.0 Å². The number of nitrogens with zero attached hydrogens (tertiary/aromatic N) is 5. The maximum atomic E-state index is 15.3. The van der Waals surface area contributed by atoms with Crippen molar-refractivity contribution in [2.75, 3.05) is 25.6 Å². The number of hydrogen-bond acceptors (Lipinski definition) is 8. The van der Waals surface area contributed by atoms with E-state index in [2.05, 4.69) is 19.5 Å².